The van der Waals surface area contributed by atoms with Gasteiger partial charge in [-0.3, -0.25) is 4.79 Å². The Kier molecular flexibility index (Phi) is 6.52. The molecule has 0 aliphatic carbocycles. The van der Waals surface area contributed by atoms with Crippen LogP contribution in [0.15, 0.2) is 30.3 Å². The number of amides is 1. The van der Waals surface area contributed by atoms with Gasteiger partial charge in [0.05, 0.1) is 11.5 Å². The highest BCUT2D eigenvalue weighted by molar-refractivity contribution is 7.90. The fourth-order valence-corrected chi connectivity index (χ4v) is 3.03. The van der Waals surface area contributed by atoms with Crippen LogP contribution in [0.5, 0.6) is 0 Å². The average Bonchev–Trinajstić information content (AvgIpc) is 2.36. The second kappa shape index (κ2) is 7.91. The molecular weight excluding hydrogens is 266 g/mol. The van der Waals surface area contributed by atoms with Crippen molar-refractivity contribution in [2.45, 2.75) is 12.2 Å². The zero-order valence-electron chi connectivity index (χ0n) is 11.0. The summed E-state index contributed by atoms with van der Waals surface area (Å²) in [5.74, 6) is -0.127. The molecule has 0 bridgehead atoms. The van der Waals surface area contributed by atoms with Crippen molar-refractivity contribution < 1.29 is 17.9 Å². The molecule has 0 aliphatic rings. The maximum Gasteiger partial charge on any atom is 0.245 e. The Bertz CT molecular complexity index is 485. The van der Waals surface area contributed by atoms with Crippen molar-refractivity contribution in [2.24, 2.45) is 0 Å². The molecule has 0 atom stereocenters. The van der Waals surface area contributed by atoms with E-state index in [2.05, 4.69) is 10.1 Å². The van der Waals surface area contributed by atoms with Gasteiger partial charge in [-0.2, -0.15) is 0 Å². The normalized spacial score (nSPS) is 11.2. The van der Waals surface area contributed by atoms with Crippen LogP contribution in [-0.4, -0.2) is 40.3 Å². The topological polar surface area (TPSA) is 72.5 Å². The van der Waals surface area contributed by atoms with E-state index in [0.29, 0.717) is 13.0 Å². The number of sulfone groups is 1. The summed E-state index contributed by atoms with van der Waals surface area (Å²) in [6, 6.07) is 9.06. The third-order valence-electron chi connectivity index (χ3n) is 2.46. The van der Waals surface area contributed by atoms with E-state index in [1.807, 2.05) is 18.2 Å². The largest absolute Gasteiger partial charge is 0.375 e. The standard InChI is InChI=1S/C13H19NO4S/c1-18-10-13(15)14-8-5-9-19(16,17)11-12-6-3-2-4-7-12/h2-4,6-7H,5,8-11H2,1H3,(H,14,15). The smallest absolute Gasteiger partial charge is 0.245 e. The van der Waals surface area contributed by atoms with Gasteiger partial charge in [0.2, 0.25) is 5.91 Å². The summed E-state index contributed by atoms with van der Waals surface area (Å²) in [4.78, 5) is 11.1. The summed E-state index contributed by atoms with van der Waals surface area (Å²) >= 11 is 0. The number of hydrogen-bond acceptors (Lipinski definition) is 4. The summed E-state index contributed by atoms with van der Waals surface area (Å²) in [5, 5.41) is 2.59. The van der Waals surface area contributed by atoms with Gasteiger partial charge >= 0.3 is 0 Å². The van der Waals surface area contributed by atoms with Gasteiger partial charge in [0.1, 0.15) is 6.61 Å². The molecule has 0 saturated carbocycles. The molecule has 6 heteroatoms. The Balaban J connectivity index is 2.30. The number of nitrogens with one attached hydrogen (secondary N) is 1. The van der Waals surface area contributed by atoms with Gasteiger partial charge in [-0.05, 0) is 12.0 Å². The van der Waals surface area contributed by atoms with Gasteiger partial charge in [0, 0.05) is 13.7 Å². The zero-order valence-corrected chi connectivity index (χ0v) is 11.8. The van der Waals surface area contributed by atoms with E-state index in [1.165, 1.54) is 7.11 Å². The first-order valence-corrected chi connectivity index (χ1v) is 7.85. The summed E-state index contributed by atoms with van der Waals surface area (Å²) in [6.45, 7) is 0.340. The number of carbonyl (C=O) groups excluding carboxylic acids is 1. The van der Waals surface area contributed by atoms with Gasteiger partial charge in [0.15, 0.2) is 9.84 Å². The number of hydrogen-bond donors (Lipinski definition) is 1. The van der Waals surface area contributed by atoms with Crippen molar-refractivity contribution in [3.05, 3.63) is 35.9 Å². The van der Waals surface area contributed by atoms with Crippen LogP contribution in [0.25, 0.3) is 0 Å². The van der Waals surface area contributed by atoms with Gasteiger partial charge in [-0.15, -0.1) is 0 Å². The highest BCUT2D eigenvalue weighted by Crippen LogP contribution is 2.06. The second-order valence-electron chi connectivity index (χ2n) is 4.21. The average molecular weight is 285 g/mol. The Morgan fingerprint density at radius 2 is 1.95 bits per heavy atom. The lowest BCUT2D eigenvalue weighted by molar-refractivity contribution is -0.124. The Morgan fingerprint density at radius 3 is 2.58 bits per heavy atom. The highest BCUT2D eigenvalue weighted by Gasteiger charge is 2.11. The lowest BCUT2D eigenvalue weighted by atomic mass is 10.2. The van der Waals surface area contributed by atoms with Crippen molar-refractivity contribution in [2.75, 3.05) is 26.0 Å². The van der Waals surface area contributed by atoms with Gasteiger partial charge in [-0.25, -0.2) is 8.42 Å². The molecule has 0 heterocycles. The number of rotatable bonds is 8. The molecule has 5 nitrogen and oxygen atoms in total. The van der Waals surface area contributed by atoms with Crippen molar-refractivity contribution in [3.8, 4) is 0 Å². The molecule has 1 N–H and O–H groups in total. The van der Waals surface area contributed by atoms with Crippen molar-refractivity contribution in [3.63, 3.8) is 0 Å². The molecule has 0 aromatic heterocycles. The lowest BCUT2D eigenvalue weighted by Gasteiger charge is -2.06. The Labute approximate surface area is 113 Å². The Hall–Kier alpha value is -1.40. The summed E-state index contributed by atoms with van der Waals surface area (Å²) in [7, 11) is -1.69. The van der Waals surface area contributed by atoms with Crippen molar-refractivity contribution in [1.29, 1.82) is 0 Å². The summed E-state index contributed by atoms with van der Waals surface area (Å²) in [6.07, 6.45) is 0.407. The molecule has 1 aromatic carbocycles. The number of methoxy groups -OCH3 is 1. The summed E-state index contributed by atoms with van der Waals surface area (Å²) in [5.41, 5.74) is 0.783. The van der Waals surface area contributed by atoms with Crippen LogP contribution in [-0.2, 0) is 25.1 Å². The minimum atomic E-state index is -3.13. The molecule has 0 aliphatic heterocycles. The maximum absolute atomic E-state index is 11.8. The van der Waals surface area contributed by atoms with Crippen LogP contribution in [0.2, 0.25) is 0 Å². The van der Waals surface area contributed by atoms with Crippen LogP contribution in [0, 0.1) is 0 Å². The molecule has 1 amide bonds. The van der Waals surface area contributed by atoms with E-state index in [4.69, 9.17) is 0 Å². The molecule has 19 heavy (non-hydrogen) atoms. The van der Waals surface area contributed by atoms with Crippen LogP contribution >= 0.6 is 0 Å². The first kappa shape index (κ1) is 15.7. The monoisotopic (exact) mass is 285 g/mol. The van der Waals surface area contributed by atoms with Crippen LogP contribution in [0.3, 0.4) is 0 Å². The van der Waals surface area contributed by atoms with E-state index in [9.17, 15) is 13.2 Å². The molecule has 0 radical (unpaired) electrons. The molecule has 0 saturated heterocycles. The quantitative estimate of drug-likeness (QED) is 0.716. The second-order valence-corrected chi connectivity index (χ2v) is 6.40. The first-order chi connectivity index (χ1) is 9.03. The predicted molar refractivity (Wildman–Crippen MR) is 73.4 cm³/mol. The predicted octanol–water partition coefficient (Wildman–Crippen LogP) is 0.754. The summed E-state index contributed by atoms with van der Waals surface area (Å²) < 4.78 is 28.3. The van der Waals surface area contributed by atoms with E-state index >= 15 is 0 Å². The van der Waals surface area contributed by atoms with Gasteiger partial charge in [0.25, 0.3) is 0 Å². The lowest BCUT2D eigenvalue weighted by Crippen LogP contribution is -2.29. The van der Waals surface area contributed by atoms with E-state index < -0.39 is 9.84 Å². The Morgan fingerprint density at radius 1 is 1.26 bits per heavy atom. The van der Waals surface area contributed by atoms with Crippen LogP contribution in [0.1, 0.15) is 12.0 Å². The zero-order chi connectivity index (χ0) is 14.1. The number of ether oxygens (including phenoxy) is 1. The molecule has 0 fully saturated rings. The fraction of sp³-hybridized carbons (Fsp3) is 0.462. The van der Waals surface area contributed by atoms with E-state index in [-0.39, 0.29) is 24.0 Å². The first-order valence-electron chi connectivity index (χ1n) is 6.03. The maximum atomic E-state index is 11.8. The van der Waals surface area contributed by atoms with Gasteiger partial charge < -0.3 is 10.1 Å². The van der Waals surface area contributed by atoms with Crippen molar-refractivity contribution >= 4 is 15.7 Å². The molecular formula is C13H19NO4S. The minimum absolute atomic E-state index is 0.00321. The molecule has 106 valence electrons. The van der Waals surface area contributed by atoms with E-state index in [0.717, 1.165) is 5.56 Å². The molecule has 0 spiro atoms. The van der Waals surface area contributed by atoms with Crippen LogP contribution < -0.4 is 5.32 Å². The highest BCUT2D eigenvalue weighted by atomic mass is 32.2. The third-order valence-corrected chi connectivity index (χ3v) is 4.14. The minimum Gasteiger partial charge on any atom is -0.375 e. The molecule has 0 unspecified atom stereocenters. The number of carbonyl (C=O) groups is 1. The molecule has 1 rings (SSSR count). The SMILES string of the molecule is COCC(=O)NCCCS(=O)(=O)Cc1ccccc1. The van der Waals surface area contributed by atoms with Crippen LogP contribution in [0.4, 0.5) is 0 Å². The number of benzene rings is 1. The molecule has 1 aromatic rings. The van der Waals surface area contributed by atoms with Crippen molar-refractivity contribution in [1.82, 2.24) is 5.32 Å². The fourth-order valence-electron chi connectivity index (χ4n) is 1.60. The van der Waals surface area contributed by atoms with Gasteiger partial charge in [-0.1, -0.05) is 30.3 Å². The van der Waals surface area contributed by atoms with E-state index in [1.54, 1.807) is 12.1 Å². The third kappa shape index (κ3) is 6.93.